The van der Waals surface area contributed by atoms with E-state index in [1.165, 1.54) is 37.8 Å². The topological polar surface area (TPSA) is 43.6 Å². The lowest BCUT2D eigenvalue weighted by Gasteiger charge is -2.17. The minimum atomic E-state index is 0.638. The van der Waals surface area contributed by atoms with Crippen molar-refractivity contribution in [1.29, 1.82) is 0 Å². The minimum Gasteiger partial charge on any atom is -0.309 e. The Bertz CT molecular complexity index is 3180. The second-order valence-electron chi connectivity index (χ2n) is 14.0. The van der Waals surface area contributed by atoms with Gasteiger partial charge in [-0.1, -0.05) is 158 Å². The molecule has 256 valence electrons. The average molecular weight is 701 g/mol. The Labute approximate surface area is 317 Å². The highest BCUT2D eigenvalue weighted by molar-refractivity contribution is 6.29. The van der Waals surface area contributed by atoms with Gasteiger partial charge in [0.2, 0.25) is 0 Å². The van der Waals surface area contributed by atoms with E-state index in [4.69, 9.17) is 15.0 Å². The molecular formula is C51H32N4. The molecule has 4 heteroatoms. The van der Waals surface area contributed by atoms with Crippen molar-refractivity contribution in [1.82, 2.24) is 19.5 Å². The number of hydrogen-bond donors (Lipinski definition) is 0. The first-order chi connectivity index (χ1) is 27.3. The van der Waals surface area contributed by atoms with Crippen molar-refractivity contribution >= 4 is 54.1 Å². The van der Waals surface area contributed by atoms with E-state index in [1.54, 1.807) is 0 Å². The molecule has 0 aliphatic rings. The Morgan fingerprint density at radius 1 is 0.291 bits per heavy atom. The third kappa shape index (κ3) is 5.03. The molecule has 0 radical (unpaired) electrons. The molecular weight excluding hydrogens is 669 g/mol. The van der Waals surface area contributed by atoms with Gasteiger partial charge in [-0.15, -0.1) is 0 Å². The summed E-state index contributed by atoms with van der Waals surface area (Å²) >= 11 is 0. The number of benzene rings is 9. The van der Waals surface area contributed by atoms with E-state index >= 15 is 0 Å². The third-order valence-corrected chi connectivity index (χ3v) is 10.8. The van der Waals surface area contributed by atoms with Crippen LogP contribution in [-0.4, -0.2) is 19.5 Å². The summed E-state index contributed by atoms with van der Waals surface area (Å²) < 4.78 is 2.38. The summed E-state index contributed by atoms with van der Waals surface area (Å²) in [5.74, 6) is 1.92. The number of para-hydroxylation sites is 2. The van der Waals surface area contributed by atoms with Crippen molar-refractivity contribution in [2.24, 2.45) is 0 Å². The molecule has 11 aromatic rings. The lowest BCUT2D eigenvalue weighted by molar-refractivity contribution is 1.08. The first kappa shape index (κ1) is 31.1. The van der Waals surface area contributed by atoms with Crippen LogP contribution < -0.4 is 0 Å². The fraction of sp³-hybridized carbons (Fsp3) is 0. The molecule has 4 nitrogen and oxygen atoms in total. The first-order valence-corrected chi connectivity index (χ1v) is 18.6. The van der Waals surface area contributed by atoms with E-state index in [0.717, 1.165) is 49.8 Å². The molecule has 0 saturated heterocycles. The van der Waals surface area contributed by atoms with Gasteiger partial charge in [0.15, 0.2) is 17.5 Å². The van der Waals surface area contributed by atoms with E-state index in [1.807, 2.05) is 36.4 Å². The number of rotatable bonds is 5. The van der Waals surface area contributed by atoms with Crippen LogP contribution in [0.5, 0.6) is 0 Å². The van der Waals surface area contributed by atoms with Gasteiger partial charge in [0.25, 0.3) is 0 Å². The normalized spacial score (nSPS) is 11.6. The molecule has 9 aromatic carbocycles. The molecule has 0 unspecified atom stereocenters. The zero-order chi connectivity index (χ0) is 36.3. The molecule has 0 aliphatic heterocycles. The zero-order valence-electron chi connectivity index (χ0n) is 29.8. The maximum absolute atomic E-state index is 5.30. The van der Waals surface area contributed by atoms with Gasteiger partial charge >= 0.3 is 0 Å². The Balaban J connectivity index is 1.29. The van der Waals surface area contributed by atoms with Crippen molar-refractivity contribution in [2.75, 3.05) is 0 Å². The summed E-state index contributed by atoms with van der Waals surface area (Å²) in [6.07, 6.45) is 0. The number of hydrogen-bond acceptors (Lipinski definition) is 3. The summed E-state index contributed by atoms with van der Waals surface area (Å²) in [5, 5.41) is 9.49. The molecule has 0 fully saturated rings. The fourth-order valence-corrected chi connectivity index (χ4v) is 8.41. The van der Waals surface area contributed by atoms with E-state index in [2.05, 4.69) is 162 Å². The van der Waals surface area contributed by atoms with Gasteiger partial charge in [0.05, 0.1) is 11.0 Å². The zero-order valence-corrected chi connectivity index (χ0v) is 29.8. The quantitative estimate of drug-likeness (QED) is 0.168. The Kier molecular flexibility index (Phi) is 7.14. The van der Waals surface area contributed by atoms with Gasteiger partial charge in [-0.25, -0.2) is 15.0 Å². The Morgan fingerprint density at radius 3 is 1.44 bits per heavy atom. The monoisotopic (exact) mass is 700 g/mol. The SMILES string of the molecule is c1ccc(-c2nc(-c3ccccc3)nc(-c3cc(-c4cccc5c4c4ccccc4n5-c4ccccc4)cc4c5ccccc5c5ccccc5c34)n2)cc1. The molecule has 0 atom stereocenters. The van der Waals surface area contributed by atoms with Crippen molar-refractivity contribution in [2.45, 2.75) is 0 Å². The number of aromatic nitrogens is 4. The third-order valence-electron chi connectivity index (χ3n) is 10.8. The maximum atomic E-state index is 5.30. The van der Waals surface area contributed by atoms with Gasteiger partial charge in [0.1, 0.15) is 0 Å². The van der Waals surface area contributed by atoms with Gasteiger partial charge < -0.3 is 4.57 Å². The van der Waals surface area contributed by atoms with Gasteiger partial charge in [-0.05, 0) is 74.5 Å². The lowest BCUT2D eigenvalue weighted by Crippen LogP contribution is -2.01. The van der Waals surface area contributed by atoms with Crippen LogP contribution in [0.3, 0.4) is 0 Å². The predicted octanol–water partition coefficient (Wildman–Crippen LogP) is 13.1. The molecule has 2 aromatic heterocycles. The van der Waals surface area contributed by atoms with Crippen molar-refractivity contribution in [3.8, 4) is 51.0 Å². The van der Waals surface area contributed by atoms with Gasteiger partial charge in [-0.2, -0.15) is 0 Å². The highest BCUT2D eigenvalue weighted by Crippen LogP contribution is 2.45. The standard InChI is InChI=1S/C51H32N4/c1-4-17-33(18-5-1)49-52-50(34-19-6-2-7-20-34)54-51(53-49)44-32-35(31-43-40-25-11-10-23-38(40)39-24-12-13-26-41(39)47(43)44)37-28-16-30-46-48(37)42-27-14-15-29-45(42)55(46)36-21-8-3-9-22-36/h1-32H. The maximum Gasteiger partial charge on any atom is 0.164 e. The second kappa shape index (κ2) is 12.6. The van der Waals surface area contributed by atoms with Crippen molar-refractivity contribution < 1.29 is 0 Å². The summed E-state index contributed by atoms with van der Waals surface area (Å²) in [4.78, 5) is 15.7. The van der Waals surface area contributed by atoms with E-state index < -0.39 is 0 Å². The molecule has 2 heterocycles. The molecule has 0 amide bonds. The summed E-state index contributed by atoms with van der Waals surface area (Å²) in [6, 6.07) is 68.6. The van der Waals surface area contributed by atoms with Crippen LogP contribution in [0.2, 0.25) is 0 Å². The molecule has 0 saturated carbocycles. The average Bonchev–Trinajstić information content (AvgIpc) is 3.61. The van der Waals surface area contributed by atoms with Crippen molar-refractivity contribution in [3.63, 3.8) is 0 Å². The van der Waals surface area contributed by atoms with E-state index in [9.17, 15) is 0 Å². The fourth-order valence-electron chi connectivity index (χ4n) is 8.41. The Hall–Kier alpha value is -7.43. The van der Waals surface area contributed by atoms with E-state index in [0.29, 0.717) is 17.5 Å². The van der Waals surface area contributed by atoms with Crippen LogP contribution in [-0.2, 0) is 0 Å². The molecule has 0 N–H and O–H groups in total. The van der Waals surface area contributed by atoms with Crippen LogP contribution in [0.15, 0.2) is 194 Å². The van der Waals surface area contributed by atoms with Gasteiger partial charge in [0, 0.05) is 38.5 Å². The van der Waals surface area contributed by atoms with Crippen LogP contribution in [0.1, 0.15) is 0 Å². The number of nitrogens with zero attached hydrogens (tertiary/aromatic N) is 4. The summed E-state index contributed by atoms with van der Waals surface area (Å²) in [6.45, 7) is 0. The highest BCUT2D eigenvalue weighted by atomic mass is 15.0. The largest absolute Gasteiger partial charge is 0.309 e. The molecule has 0 aliphatic carbocycles. The molecule has 11 rings (SSSR count). The molecule has 0 bridgehead atoms. The lowest BCUT2D eigenvalue weighted by atomic mass is 9.88. The van der Waals surface area contributed by atoms with Crippen LogP contribution in [0.4, 0.5) is 0 Å². The van der Waals surface area contributed by atoms with Crippen LogP contribution in [0.25, 0.3) is 105 Å². The summed E-state index contributed by atoms with van der Waals surface area (Å²) in [7, 11) is 0. The molecule has 55 heavy (non-hydrogen) atoms. The smallest absolute Gasteiger partial charge is 0.164 e. The number of fused-ring (bicyclic) bond motifs is 9. The first-order valence-electron chi connectivity index (χ1n) is 18.6. The highest BCUT2D eigenvalue weighted by Gasteiger charge is 2.22. The van der Waals surface area contributed by atoms with Crippen LogP contribution >= 0.6 is 0 Å². The molecule has 0 spiro atoms. The Morgan fingerprint density at radius 2 is 0.782 bits per heavy atom. The minimum absolute atomic E-state index is 0.638. The van der Waals surface area contributed by atoms with Crippen molar-refractivity contribution in [3.05, 3.63) is 194 Å². The predicted molar refractivity (Wildman–Crippen MR) is 228 cm³/mol. The summed E-state index contributed by atoms with van der Waals surface area (Å²) in [5.41, 5.74) is 8.58. The second-order valence-corrected chi connectivity index (χ2v) is 14.0. The van der Waals surface area contributed by atoms with E-state index in [-0.39, 0.29) is 0 Å². The van der Waals surface area contributed by atoms with Crippen LogP contribution in [0, 0.1) is 0 Å². The van der Waals surface area contributed by atoms with Gasteiger partial charge in [-0.3, -0.25) is 0 Å².